The van der Waals surface area contributed by atoms with E-state index in [9.17, 15) is 14.7 Å². The van der Waals surface area contributed by atoms with Crippen molar-refractivity contribution in [2.45, 2.75) is 57.2 Å². The number of anilines is 1. The number of benzene rings is 2. The number of carbonyl (C=O) groups is 2. The van der Waals surface area contributed by atoms with Gasteiger partial charge in [-0.3, -0.25) is 14.5 Å². The zero-order chi connectivity index (χ0) is 26.0. The normalized spacial score (nSPS) is 20.4. The van der Waals surface area contributed by atoms with Gasteiger partial charge >= 0.3 is 0 Å². The Kier molecular flexibility index (Phi) is 7.49. The number of amides is 2. The fraction of sp³-hybridized carbons (Fsp3) is 0.517. The molecule has 3 aliphatic heterocycles. The summed E-state index contributed by atoms with van der Waals surface area (Å²) < 4.78 is 15.4. The Morgan fingerprint density at radius 3 is 2.38 bits per heavy atom. The molecular weight excluding hydrogens is 471 g/mol. The van der Waals surface area contributed by atoms with Crippen LogP contribution in [0.3, 0.4) is 0 Å². The molecule has 0 spiro atoms. The highest BCUT2D eigenvalue weighted by atomic mass is 19.1. The van der Waals surface area contributed by atoms with E-state index < -0.39 is 11.4 Å². The summed E-state index contributed by atoms with van der Waals surface area (Å²) in [5.41, 5.74) is 2.24. The summed E-state index contributed by atoms with van der Waals surface area (Å²) in [6, 6.07) is 13.4. The van der Waals surface area contributed by atoms with Gasteiger partial charge in [-0.25, -0.2) is 4.39 Å². The molecule has 0 bridgehead atoms. The van der Waals surface area contributed by atoms with Crippen molar-refractivity contribution in [2.75, 3.05) is 44.6 Å². The van der Waals surface area contributed by atoms with Crippen LogP contribution in [0.5, 0.6) is 0 Å². The summed E-state index contributed by atoms with van der Waals surface area (Å²) in [6.45, 7) is 6.00. The Bertz CT molecular complexity index is 1140. The number of nitrogens with one attached hydrogen (secondary N) is 1. The number of halogens is 1. The Labute approximate surface area is 218 Å². The molecule has 2 saturated heterocycles. The lowest BCUT2D eigenvalue weighted by molar-refractivity contribution is -0.129. The van der Waals surface area contributed by atoms with Gasteiger partial charge in [-0.05, 0) is 55.4 Å². The molecule has 2 N–H and O–H groups in total. The smallest absolute Gasteiger partial charge is 0.256 e. The molecule has 3 aliphatic rings. The van der Waals surface area contributed by atoms with Crippen molar-refractivity contribution in [1.82, 2.24) is 14.7 Å². The lowest BCUT2D eigenvalue weighted by Crippen LogP contribution is -2.52. The van der Waals surface area contributed by atoms with Gasteiger partial charge in [0.05, 0.1) is 16.9 Å². The molecule has 7 nitrogen and oxygen atoms in total. The minimum Gasteiger partial charge on any atom is -0.388 e. The molecule has 2 fully saturated rings. The van der Waals surface area contributed by atoms with Gasteiger partial charge in [-0.15, -0.1) is 0 Å². The molecule has 2 aromatic carbocycles. The predicted molar refractivity (Wildman–Crippen MR) is 141 cm³/mol. The van der Waals surface area contributed by atoms with Crippen LogP contribution < -0.4 is 5.32 Å². The minimum atomic E-state index is -0.847. The van der Waals surface area contributed by atoms with Gasteiger partial charge in [0, 0.05) is 58.8 Å². The SMILES string of the molecule is CC(=O)N1CCC(Nc2cccc(C(=O)N3CCC(O)(CN4CCc5ccccc5C4)CC3)c2F)CC1. The molecule has 0 radical (unpaired) electrons. The zero-order valence-electron chi connectivity index (χ0n) is 21.6. The number of hydrogen-bond acceptors (Lipinski definition) is 5. The molecule has 2 aromatic rings. The van der Waals surface area contributed by atoms with E-state index in [2.05, 4.69) is 34.5 Å². The number of rotatable bonds is 5. The van der Waals surface area contributed by atoms with Gasteiger partial charge in [-0.2, -0.15) is 0 Å². The highest BCUT2D eigenvalue weighted by molar-refractivity contribution is 5.95. The van der Waals surface area contributed by atoms with E-state index in [1.807, 2.05) is 0 Å². The minimum absolute atomic E-state index is 0.0576. The number of nitrogens with zero attached hydrogens (tertiary/aromatic N) is 3. The molecule has 37 heavy (non-hydrogen) atoms. The first-order valence-corrected chi connectivity index (χ1v) is 13.4. The maximum atomic E-state index is 15.4. The Morgan fingerprint density at radius 2 is 1.68 bits per heavy atom. The number of piperidine rings is 2. The Morgan fingerprint density at radius 1 is 0.973 bits per heavy atom. The van der Waals surface area contributed by atoms with Crippen molar-refractivity contribution < 1.29 is 19.1 Å². The van der Waals surface area contributed by atoms with Crippen LogP contribution in [0, 0.1) is 5.82 Å². The van der Waals surface area contributed by atoms with E-state index in [0.717, 1.165) is 32.4 Å². The quantitative estimate of drug-likeness (QED) is 0.649. The molecule has 0 saturated carbocycles. The number of carbonyl (C=O) groups excluding carboxylic acids is 2. The fourth-order valence-corrected chi connectivity index (χ4v) is 5.93. The van der Waals surface area contributed by atoms with Crippen molar-refractivity contribution in [3.05, 3.63) is 65.0 Å². The number of likely N-dealkylation sites (tertiary alicyclic amines) is 2. The monoisotopic (exact) mass is 508 g/mol. The van der Waals surface area contributed by atoms with E-state index in [1.54, 1.807) is 28.9 Å². The average Bonchev–Trinajstić information content (AvgIpc) is 2.90. The van der Waals surface area contributed by atoms with Gasteiger partial charge in [0.25, 0.3) is 5.91 Å². The highest BCUT2D eigenvalue weighted by Gasteiger charge is 2.37. The van der Waals surface area contributed by atoms with Gasteiger partial charge in [0.15, 0.2) is 5.82 Å². The first-order valence-electron chi connectivity index (χ1n) is 13.4. The van der Waals surface area contributed by atoms with E-state index in [4.69, 9.17) is 0 Å². The lowest BCUT2D eigenvalue weighted by Gasteiger charge is -2.42. The third-order valence-electron chi connectivity index (χ3n) is 8.24. The van der Waals surface area contributed by atoms with E-state index in [0.29, 0.717) is 51.3 Å². The van der Waals surface area contributed by atoms with Crippen LogP contribution >= 0.6 is 0 Å². The Balaban J connectivity index is 1.16. The van der Waals surface area contributed by atoms with Crippen molar-refractivity contribution in [2.24, 2.45) is 0 Å². The maximum absolute atomic E-state index is 15.4. The summed E-state index contributed by atoms with van der Waals surface area (Å²) in [7, 11) is 0. The zero-order valence-corrected chi connectivity index (χ0v) is 21.6. The molecular formula is C29H37FN4O3. The highest BCUT2D eigenvalue weighted by Crippen LogP contribution is 2.29. The molecule has 3 heterocycles. The van der Waals surface area contributed by atoms with Crippen molar-refractivity contribution in [3.8, 4) is 0 Å². The Hall–Kier alpha value is -2.97. The first-order chi connectivity index (χ1) is 17.8. The fourth-order valence-electron chi connectivity index (χ4n) is 5.93. The second kappa shape index (κ2) is 10.8. The van der Waals surface area contributed by atoms with Gasteiger partial charge in [0.1, 0.15) is 0 Å². The number of β-amino-alcohol motifs (C(OH)–C–C–N with tert-alkyl or cyclic N) is 1. The summed E-state index contributed by atoms with van der Waals surface area (Å²) in [5, 5.41) is 14.5. The van der Waals surface area contributed by atoms with Crippen LogP contribution in [0.15, 0.2) is 42.5 Å². The molecule has 0 atom stereocenters. The van der Waals surface area contributed by atoms with Crippen LogP contribution in [0.2, 0.25) is 0 Å². The van der Waals surface area contributed by atoms with Crippen LogP contribution in [0.25, 0.3) is 0 Å². The van der Waals surface area contributed by atoms with Crippen molar-refractivity contribution in [1.29, 1.82) is 0 Å². The third-order valence-corrected chi connectivity index (χ3v) is 8.24. The van der Waals surface area contributed by atoms with E-state index in [-0.39, 0.29) is 23.4 Å². The van der Waals surface area contributed by atoms with E-state index >= 15 is 4.39 Å². The molecule has 5 rings (SSSR count). The summed E-state index contributed by atoms with van der Waals surface area (Å²) in [6.07, 6.45) is 3.42. The molecule has 0 aliphatic carbocycles. The number of hydrogen-bond donors (Lipinski definition) is 2. The second-order valence-corrected chi connectivity index (χ2v) is 10.8. The third kappa shape index (κ3) is 5.80. The molecule has 8 heteroatoms. The number of aliphatic hydroxyl groups is 1. The molecule has 0 unspecified atom stereocenters. The molecule has 0 aromatic heterocycles. The first kappa shape index (κ1) is 25.7. The largest absolute Gasteiger partial charge is 0.388 e. The predicted octanol–water partition coefficient (Wildman–Crippen LogP) is 3.27. The topological polar surface area (TPSA) is 76.1 Å². The summed E-state index contributed by atoms with van der Waals surface area (Å²) >= 11 is 0. The van der Waals surface area contributed by atoms with Crippen LogP contribution in [-0.4, -0.2) is 82.5 Å². The van der Waals surface area contributed by atoms with Gasteiger partial charge in [0.2, 0.25) is 5.91 Å². The van der Waals surface area contributed by atoms with Gasteiger partial charge in [-0.1, -0.05) is 30.3 Å². The van der Waals surface area contributed by atoms with Crippen LogP contribution in [-0.2, 0) is 17.8 Å². The van der Waals surface area contributed by atoms with Crippen LogP contribution in [0.1, 0.15) is 54.1 Å². The summed E-state index contributed by atoms with van der Waals surface area (Å²) in [4.78, 5) is 30.6. The summed E-state index contributed by atoms with van der Waals surface area (Å²) in [5.74, 6) is -0.803. The molecule has 2 amide bonds. The van der Waals surface area contributed by atoms with Crippen molar-refractivity contribution >= 4 is 17.5 Å². The molecule has 198 valence electrons. The second-order valence-electron chi connectivity index (χ2n) is 10.8. The standard InChI is InChI=1S/C29H37FN4O3/c1-21(35)33-15-10-24(11-16-33)31-26-8-4-7-25(27(26)30)28(36)34-17-12-29(37,13-18-34)20-32-14-9-22-5-2-3-6-23(22)19-32/h2-8,24,31,37H,9-20H2,1H3. The number of fused-ring (bicyclic) bond motifs is 1. The van der Waals surface area contributed by atoms with Crippen LogP contribution in [0.4, 0.5) is 10.1 Å². The van der Waals surface area contributed by atoms with E-state index in [1.165, 1.54) is 17.2 Å². The van der Waals surface area contributed by atoms with Gasteiger partial charge < -0.3 is 20.2 Å². The lowest BCUT2D eigenvalue weighted by atomic mass is 9.89. The maximum Gasteiger partial charge on any atom is 0.256 e. The average molecular weight is 509 g/mol. The van der Waals surface area contributed by atoms with Crippen molar-refractivity contribution in [3.63, 3.8) is 0 Å².